The quantitative estimate of drug-likeness (QED) is 0.784. The molecule has 1 aromatic carbocycles. The number of phenolic OH excluding ortho intramolecular Hbond substituents is 1. The third-order valence-corrected chi connectivity index (χ3v) is 4.67. The lowest BCUT2D eigenvalue weighted by molar-refractivity contribution is 0.151. The smallest absolute Gasteiger partial charge is 0.119 e. The average Bonchev–Trinajstić information content (AvgIpc) is 2.46. The highest BCUT2D eigenvalue weighted by molar-refractivity contribution is 8.93. The third kappa shape index (κ3) is 4.01. The number of fused-ring (bicyclic) bond motifs is 1. The highest BCUT2D eigenvalue weighted by atomic mass is 79.9. The van der Waals surface area contributed by atoms with E-state index in [1.54, 1.807) is 0 Å². The predicted octanol–water partition coefficient (Wildman–Crippen LogP) is 4.90. The Labute approximate surface area is 140 Å². The Bertz CT molecular complexity index is 429. The maximum absolute atomic E-state index is 10.1. The fraction of sp³-hybridized carbons (Fsp3) is 0.667. The number of benzene rings is 1. The lowest BCUT2D eigenvalue weighted by atomic mass is 9.76. The van der Waals surface area contributed by atoms with Crippen LogP contribution in [0.2, 0.25) is 0 Å². The summed E-state index contributed by atoms with van der Waals surface area (Å²) in [6.07, 6.45) is 5.81. The number of rotatable bonds is 6. The summed E-state index contributed by atoms with van der Waals surface area (Å²) in [5.74, 6) is 1.07. The first-order valence-electron chi connectivity index (χ1n) is 8.27. The Morgan fingerprint density at radius 1 is 1.14 bits per heavy atom. The monoisotopic (exact) mass is 355 g/mol. The molecule has 21 heavy (non-hydrogen) atoms. The van der Waals surface area contributed by atoms with Crippen LogP contribution in [-0.4, -0.2) is 29.1 Å². The van der Waals surface area contributed by atoms with Crippen LogP contribution in [-0.2, 0) is 6.42 Å². The fourth-order valence-electron chi connectivity index (χ4n) is 3.86. The highest BCUT2D eigenvalue weighted by Crippen LogP contribution is 2.40. The lowest BCUT2D eigenvalue weighted by Crippen LogP contribution is -2.43. The van der Waals surface area contributed by atoms with Crippen LogP contribution in [0.4, 0.5) is 0 Å². The van der Waals surface area contributed by atoms with Gasteiger partial charge in [0.2, 0.25) is 0 Å². The summed E-state index contributed by atoms with van der Waals surface area (Å²) in [5, 5.41) is 10.1. The van der Waals surface area contributed by atoms with Crippen molar-refractivity contribution < 1.29 is 5.11 Å². The van der Waals surface area contributed by atoms with Crippen LogP contribution in [0, 0.1) is 0 Å². The zero-order valence-electron chi connectivity index (χ0n) is 13.6. The molecule has 2 atom stereocenters. The normalized spacial score (nSPS) is 21.0. The van der Waals surface area contributed by atoms with Gasteiger partial charge in [0.15, 0.2) is 0 Å². The molecule has 0 radical (unpaired) electrons. The summed E-state index contributed by atoms with van der Waals surface area (Å²) >= 11 is 0. The second kappa shape index (κ2) is 8.79. The largest absolute Gasteiger partial charge is 0.508 e. The SMILES string of the molecule is Br.CCCN(CCC)[C@H]1CCc2c(O)cccc2[C@H]1CC. The van der Waals surface area contributed by atoms with Gasteiger partial charge >= 0.3 is 0 Å². The minimum atomic E-state index is 0. The number of hydrogen-bond acceptors (Lipinski definition) is 2. The van der Waals surface area contributed by atoms with Crippen LogP contribution in [0.1, 0.15) is 63.5 Å². The Morgan fingerprint density at radius 3 is 2.38 bits per heavy atom. The van der Waals surface area contributed by atoms with Crippen LogP contribution in [0.3, 0.4) is 0 Å². The minimum Gasteiger partial charge on any atom is -0.508 e. The number of halogens is 1. The molecule has 0 saturated carbocycles. The highest BCUT2D eigenvalue weighted by Gasteiger charge is 2.32. The van der Waals surface area contributed by atoms with E-state index in [-0.39, 0.29) is 17.0 Å². The number of phenols is 1. The predicted molar refractivity (Wildman–Crippen MR) is 95.7 cm³/mol. The van der Waals surface area contributed by atoms with Crippen molar-refractivity contribution in [2.24, 2.45) is 0 Å². The molecule has 1 aromatic rings. The summed E-state index contributed by atoms with van der Waals surface area (Å²) in [4.78, 5) is 2.68. The lowest BCUT2D eigenvalue weighted by Gasteiger charge is -2.41. The molecular weight excluding hydrogens is 326 g/mol. The number of hydrogen-bond donors (Lipinski definition) is 1. The maximum Gasteiger partial charge on any atom is 0.119 e. The summed E-state index contributed by atoms with van der Waals surface area (Å²) in [5.41, 5.74) is 2.59. The van der Waals surface area contributed by atoms with Crippen LogP contribution < -0.4 is 0 Å². The molecule has 0 bridgehead atoms. The van der Waals surface area contributed by atoms with Gasteiger partial charge in [0.05, 0.1) is 0 Å². The third-order valence-electron chi connectivity index (χ3n) is 4.67. The van der Waals surface area contributed by atoms with Crippen LogP contribution in [0.5, 0.6) is 5.75 Å². The molecule has 1 aliphatic carbocycles. The van der Waals surface area contributed by atoms with Gasteiger partial charge in [0.25, 0.3) is 0 Å². The molecule has 0 spiro atoms. The standard InChI is InChI=1S/C18H29NO.BrH/c1-4-12-19(13-5-2)17-11-10-16-15(14(17)6-3)8-7-9-18(16)20;/h7-9,14,17,20H,4-6,10-13H2,1-3H3;1H/t14-,17+;/m1./s1. The van der Waals surface area contributed by atoms with Crippen molar-refractivity contribution in [2.75, 3.05) is 13.1 Å². The Balaban J connectivity index is 0.00000220. The summed E-state index contributed by atoms with van der Waals surface area (Å²) < 4.78 is 0. The van der Waals surface area contributed by atoms with E-state index in [0.717, 1.165) is 12.8 Å². The van der Waals surface area contributed by atoms with Crippen molar-refractivity contribution >= 4 is 17.0 Å². The molecule has 0 amide bonds. The van der Waals surface area contributed by atoms with Crippen molar-refractivity contribution in [3.05, 3.63) is 29.3 Å². The average molecular weight is 356 g/mol. The first-order valence-corrected chi connectivity index (χ1v) is 8.27. The Morgan fingerprint density at radius 2 is 1.81 bits per heavy atom. The van der Waals surface area contributed by atoms with E-state index in [4.69, 9.17) is 0 Å². The molecule has 1 N–H and O–H groups in total. The van der Waals surface area contributed by atoms with Gasteiger partial charge in [0, 0.05) is 6.04 Å². The topological polar surface area (TPSA) is 23.5 Å². The number of aromatic hydroxyl groups is 1. The van der Waals surface area contributed by atoms with Gasteiger partial charge in [-0.1, -0.05) is 32.9 Å². The zero-order chi connectivity index (χ0) is 14.5. The van der Waals surface area contributed by atoms with Gasteiger partial charge in [0.1, 0.15) is 5.75 Å². The van der Waals surface area contributed by atoms with Gasteiger partial charge in [-0.15, -0.1) is 17.0 Å². The van der Waals surface area contributed by atoms with E-state index in [9.17, 15) is 5.11 Å². The Hall–Kier alpha value is -0.540. The van der Waals surface area contributed by atoms with E-state index in [0.29, 0.717) is 17.7 Å². The van der Waals surface area contributed by atoms with Gasteiger partial charge in [-0.2, -0.15) is 0 Å². The van der Waals surface area contributed by atoms with Gasteiger partial charge in [-0.25, -0.2) is 0 Å². The van der Waals surface area contributed by atoms with Crippen LogP contribution in [0.15, 0.2) is 18.2 Å². The Kier molecular flexibility index (Phi) is 7.75. The van der Waals surface area contributed by atoms with Gasteiger partial charge < -0.3 is 5.11 Å². The minimum absolute atomic E-state index is 0. The fourth-order valence-corrected chi connectivity index (χ4v) is 3.86. The summed E-state index contributed by atoms with van der Waals surface area (Å²) in [7, 11) is 0. The molecule has 120 valence electrons. The first-order chi connectivity index (χ1) is 9.72. The second-order valence-corrected chi connectivity index (χ2v) is 6.00. The van der Waals surface area contributed by atoms with E-state index >= 15 is 0 Å². The maximum atomic E-state index is 10.1. The van der Waals surface area contributed by atoms with Crippen LogP contribution >= 0.6 is 17.0 Å². The molecule has 0 unspecified atom stereocenters. The number of nitrogens with zero attached hydrogens (tertiary/aromatic N) is 1. The van der Waals surface area contributed by atoms with E-state index < -0.39 is 0 Å². The van der Waals surface area contributed by atoms with Crippen molar-refractivity contribution in [3.63, 3.8) is 0 Å². The molecule has 0 aromatic heterocycles. The van der Waals surface area contributed by atoms with Gasteiger partial charge in [-0.3, -0.25) is 4.90 Å². The van der Waals surface area contributed by atoms with Crippen molar-refractivity contribution in [3.8, 4) is 5.75 Å². The van der Waals surface area contributed by atoms with Crippen molar-refractivity contribution in [1.82, 2.24) is 4.90 Å². The van der Waals surface area contributed by atoms with E-state index in [1.165, 1.54) is 43.5 Å². The molecule has 3 heteroatoms. The van der Waals surface area contributed by atoms with Gasteiger partial charge in [-0.05, 0) is 68.3 Å². The van der Waals surface area contributed by atoms with E-state index in [2.05, 4.69) is 31.7 Å². The molecule has 2 nitrogen and oxygen atoms in total. The van der Waals surface area contributed by atoms with Crippen molar-refractivity contribution in [1.29, 1.82) is 0 Å². The molecule has 1 aliphatic rings. The van der Waals surface area contributed by atoms with Crippen LogP contribution in [0.25, 0.3) is 0 Å². The molecule has 0 fully saturated rings. The first kappa shape index (κ1) is 18.5. The molecule has 2 rings (SSSR count). The summed E-state index contributed by atoms with van der Waals surface area (Å²) in [6, 6.07) is 6.71. The van der Waals surface area contributed by atoms with E-state index in [1.807, 2.05) is 12.1 Å². The molecule has 0 saturated heterocycles. The van der Waals surface area contributed by atoms with Crippen molar-refractivity contribution in [2.45, 2.75) is 64.8 Å². The second-order valence-electron chi connectivity index (χ2n) is 6.00. The molecule has 0 heterocycles. The molecule has 0 aliphatic heterocycles. The summed E-state index contributed by atoms with van der Waals surface area (Å²) in [6.45, 7) is 9.22. The molecular formula is C18H30BrNO. The zero-order valence-corrected chi connectivity index (χ0v) is 15.4.